The normalized spacial score (nSPS) is 9.62. The Morgan fingerprint density at radius 2 is 1.92 bits per heavy atom. The molecule has 0 saturated heterocycles. The quantitative estimate of drug-likeness (QED) is 0.705. The van der Waals surface area contributed by atoms with Gasteiger partial charge in [0.2, 0.25) is 5.91 Å². The van der Waals surface area contributed by atoms with Crippen LogP contribution in [0.3, 0.4) is 0 Å². The summed E-state index contributed by atoms with van der Waals surface area (Å²) < 4.78 is 12.6. The second kappa shape index (κ2) is 3.22. The fourth-order valence-electron chi connectivity index (χ4n) is 0.907. The van der Waals surface area contributed by atoms with E-state index < -0.39 is 17.7 Å². The maximum atomic E-state index is 12.6. The minimum atomic E-state index is -1.31. The molecule has 0 unspecified atom stereocenters. The van der Waals surface area contributed by atoms with E-state index in [0.717, 1.165) is 18.2 Å². The lowest BCUT2D eigenvalue weighted by molar-refractivity contribution is 0.0692. The smallest absolute Gasteiger partial charge is 0.336 e. The van der Waals surface area contributed by atoms with Gasteiger partial charge in [0.25, 0.3) is 0 Å². The highest BCUT2D eigenvalue weighted by Gasteiger charge is 2.14. The van der Waals surface area contributed by atoms with E-state index in [1.165, 1.54) is 0 Å². The van der Waals surface area contributed by atoms with Gasteiger partial charge in [-0.25, -0.2) is 9.18 Å². The summed E-state index contributed by atoms with van der Waals surface area (Å²) in [6.45, 7) is 0. The lowest BCUT2D eigenvalue weighted by atomic mass is 10.1. The van der Waals surface area contributed by atoms with Crippen LogP contribution in [-0.4, -0.2) is 17.0 Å². The van der Waals surface area contributed by atoms with E-state index in [4.69, 9.17) is 10.8 Å². The van der Waals surface area contributed by atoms with Crippen LogP contribution in [0.5, 0.6) is 0 Å². The fraction of sp³-hybridized carbons (Fsp3) is 0. The minimum absolute atomic E-state index is 0.297. The van der Waals surface area contributed by atoms with Gasteiger partial charge in [-0.15, -0.1) is 0 Å². The summed E-state index contributed by atoms with van der Waals surface area (Å²) in [7, 11) is 0. The zero-order chi connectivity index (χ0) is 10.0. The molecule has 1 aromatic carbocycles. The van der Waals surface area contributed by atoms with Crippen molar-refractivity contribution in [2.75, 3.05) is 0 Å². The summed E-state index contributed by atoms with van der Waals surface area (Å²) in [5.74, 6) is -2.97. The monoisotopic (exact) mass is 183 g/mol. The van der Waals surface area contributed by atoms with Crippen LogP contribution in [0.1, 0.15) is 20.7 Å². The number of halogens is 1. The molecule has 1 rings (SSSR count). The molecule has 1 aromatic rings. The molecule has 0 atom stereocenters. The molecule has 0 fully saturated rings. The van der Waals surface area contributed by atoms with E-state index in [0.29, 0.717) is 0 Å². The van der Waals surface area contributed by atoms with Crippen molar-refractivity contribution in [2.45, 2.75) is 0 Å². The van der Waals surface area contributed by atoms with E-state index in [1.54, 1.807) is 0 Å². The topological polar surface area (TPSA) is 80.4 Å². The number of rotatable bonds is 2. The van der Waals surface area contributed by atoms with Gasteiger partial charge in [0, 0.05) is 0 Å². The molecule has 0 bridgehead atoms. The number of carboxylic acids is 1. The Bertz CT molecular complexity index is 376. The van der Waals surface area contributed by atoms with Crippen molar-refractivity contribution in [1.82, 2.24) is 0 Å². The molecule has 68 valence electrons. The second-order valence-electron chi connectivity index (χ2n) is 2.36. The van der Waals surface area contributed by atoms with Crippen LogP contribution in [0.4, 0.5) is 4.39 Å². The Hall–Kier alpha value is -1.91. The maximum absolute atomic E-state index is 12.6. The van der Waals surface area contributed by atoms with Crippen molar-refractivity contribution in [3.63, 3.8) is 0 Å². The first-order valence-corrected chi connectivity index (χ1v) is 3.35. The number of carboxylic acid groups (broad SMARTS) is 1. The average molecular weight is 183 g/mol. The molecule has 0 aliphatic carbocycles. The first-order chi connectivity index (χ1) is 6.02. The zero-order valence-electron chi connectivity index (χ0n) is 6.45. The number of amides is 1. The lowest BCUT2D eigenvalue weighted by Crippen LogP contribution is -2.16. The molecule has 0 radical (unpaired) electrons. The van der Waals surface area contributed by atoms with Crippen LogP contribution in [0.25, 0.3) is 0 Å². The Morgan fingerprint density at radius 1 is 1.31 bits per heavy atom. The van der Waals surface area contributed by atoms with Gasteiger partial charge in [-0.2, -0.15) is 0 Å². The van der Waals surface area contributed by atoms with Crippen LogP contribution in [0.2, 0.25) is 0 Å². The Kier molecular flexibility index (Phi) is 2.27. The third-order valence-electron chi connectivity index (χ3n) is 1.48. The molecule has 0 spiro atoms. The number of hydrogen-bond acceptors (Lipinski definition) is 2. The molecule has 0 aromatic heterocycles. The highest BCUT2D eigenvalue weighted by Crippen LogP contribution is 2.10. The Morgan fingerprint density at radius 3 is 2.38 bits per heavy atom. The molecule has 4 nitrogen and oxygen atoms in total. The number of aromatic carboxylic acids is 1. The molecular weight excluding hydrogens is 177 g/mol. The second-order valence-corrected chi connectivity index (χ2v) is 2.36. The number of nitrogens with two attached hydrogens (primary N) is 1. The van der Waals surface area contributed by atoms with Gasteiger partial charge in [0.05, 0.1) is 11.1 Å². The largest absolute Gasteiger partial charge is 0.478 e. The van der Waals surface area contributed by atoms with Gasteiger partial charge in [0.1, 0.15) is 5.82 Å². The van der Waals surface area contributed by atoms with Crippen molar-refractivity contribution >= 4 is 11.9 Å². The van der Waals surface area contributed by atoms with Gasteiger partial charge in [-0.1, -0.05) is 0 Å². The van der Waals surface area contributed by atoms with Gasteiger partial charge in [0.15, 0.2) is 0 Å². The van der Waals surface area contributed by atoms with Gasteiger partial charge in [-0.05, 0) is 18.2 Å². The van der Waals surface area contributed by atoms with Gasteiger partial charge >= 0.3 is 5.97 Å². The van der Waals surface area contributed by atoms with Crippen LogP contribution in [0.15, 0.2) is 18.2 Å². The first kappa shape index (κ1) is 9.18. The van der Waals surface area contributed by atoms with Crippen molar-refractivity contribution in [3.05, 3.63) is 35.1 Å². The standard InChI is InChI=1S/C8H6FNO3/c9-4-1-2-5(8(12)13)6(3-4)7(10)11/h1-3H,(H2,10,11)(H,12,13). The van der Waals surface area contributed by atoms with E-state index in [2.05, 4.69) is 0 Å². The van der Waals surface area contributed by atoms with Gasteiger partial charge < -0.3 is 10.8 Å². The Balaban J connectivity index is 3.35. The van der Waals surface area contributed by atoms with E-state index >= 15 is 0 Å². The molecular formula is C8H6FNO3. The minimum Gasteiger partial charge on any atom is -0.478 e. The summed E-state index contributed by atoms with van der Waals surface area (Å²) in [4.78, 5) is 21.2. The number of primary amides is 1. The van der Waals surface area contributed by atoms with Crippen molar-refractivity contribution in [1.29, 1.82) is 0 Å². The lowest BCUT2D eigenvalue weighted by Gasteiger charge is -2.00. The molecule has 5 heteroatoms. The fourth-order valence-corrected chi connectivity index (χ4v) is 0.907. The third-order valence-corrected chi connectivity index (χ3v) is 1.48. The number of carbonyl (C=O) groups is 2. The molecule has 0 saturated carbocycles. The van der Waals surface area contributed by atoms with Crippen molar-refractivity contribution in [2.24, 2.45) is 5.73 Å². The van der Waals surface area contributed by atoms with E-state index in [-0.39, 0.29) is 11.1 Å². The Labute approximate surface area is 72.8 Å². The summed E-state index contributed by atoms with van der Waals surface area (Å²) in [6, 6.07) is 2.75. The average Bonchev–Trinajstić information content (AvgIpc) is 2.03. The van der Waals surface area contributed by atoms with E-state index in [9.17, 15) is 14.0 Å². The molecule has 0 aliphatic rings. The molecule has 0 heterocycles. The molecule has 0 aliphatic heterocycles. The predicted molar refractivity (Wildman–Crippen MR) is 41.9 cm³/mol. The van der Waals surface area contributed by atoms with Crippen molar-refractivity contribution < 1.29 is 19.1 Å². The van der Waals surface area contributed by atoms with Gasteiger partial charge in [-0.3, -0.25) is 4.79 Å². The number of hydrogen-bond donors (Lipinski definition) is 2. The van der Waals surface area contributed by atoms with E-state index in [1.807, 2.05) is 0 Å². The highest BCUT2D eigenvalue weighted by molar-refractivity contribution is 6.04. The number of carbonyl (C=O) groups excluding carboxylic acids is 1. The van der Waals surface area contributed by atoms with Crippen LogP contribution in [0, 0.1) is 5.82 Å². The molecule has 1 amide bonds. The first-order valence-electron chi connectivity index (χ1n) is 3.35. The zero-order valence-corrected chi connectivity index (χ0v) is 6.45. The summed E-state index contributed by atoms with van der Waals surface area (Å²) >= 11 is 0. The maximum Gasteiger partial charge on any atom is 0.336 e. The number of benzene rings is 1. The molecule has 13 heavy (non-hydrogen) atoms. The third kappa shape index (κ3) is 1.81. The SMILES string of the molecule is NC(=O)c1cc(F)ccc1C(=O)O. The molecule has 3 N–H and O–H groups in total. The summed E-state index contributed by atoms with van der Waals surface area (Å²) in [5.41, 5.74) is 4.23. The van der Waals surface area contributed by atoms with Crippen molar-refractivity contribution in [3.8, 4) is 0 Å². The summed E-state index contributed by atoms with van der Waals surface area (Å²) in [6.07, 6.45) is 0. The van der Waals surface area contributed by atoms with Crippen LogP contribution in [-0.2, 0) is 0 Å². The summed E-state index contributed by atoms with van der Waals surface area (Å²) in [5, 5.41) is 8.58. The predicted octanol–water partition coefficient (Wildman–Crippen LogP) is 0.623. The van der Waals surface area contributed by atoms with Crippen LogP contribution >= 0.6 is 0 Å². The van der Waals surface area contributed by atoms with Crippen LogP contribution < -0.4 is 5.73 Å². The highest BCUT2D eigenvalue weighted by atomic mass is 19.1.